The Kier molecular flexibility index (Phi) is 6.51. The number of benzene rings is 1. The van der Waals surface area contributed by atoms with Crippen molar-refractivity contribution in [1.29, 1.82) is 0 Å². The van der Waals surface area contributed by atoms with Crippen molar-refractivity contribution in [1.82, 2.24) is 15.0 Å². The molecular weight excluding hydrogens is 472 g/mol. The molecule has 10 heteroatoms. The van der Waals surface area contributed by atoms with Gasteiger partial charge < -0.3 is 5.32 Å². The molecule has 4 rings (SSSR count). The summed E-state index contributed by atoms with van der Waals surface area (Å²) in [5.41, 5.74) is 3.11. The van der Waals surface area contributed by atoms with Crippen LogP contribution < -0.4 is 15.1 Å². The minimum Gasteiger partial charge on any atom is -0.321 e. The zero-order valence-corrected chi connectivity index (χ0v) is 21.2. The van der Waals surface area contributed by atoms with Crippen molar-refractivity contribution in [3.8, 4) is 0 Å². The van der Waals surface area contributed by atoms with Gasteiger partial charge in [-0.1, -0.05) is 56.3 Å². The Morgan fingerprint density at radius 1 is 1.18 bits per heavy atom. The number of anilines is 3. The van der Waals surface area contributed by atoms with Gasteiger partial charge in [0.1, 0.15) is 5.82 Å². The molecule has 2 aromatic heterocycles. The van der Waals surface area contributed by atoms with Crippen molar-refractivity contribution in [2.75, 3.05) is 28.4 Å². The molecule has 8 nitrogen and oxygen atoms in total. The van der Waals surface area contributed by atoms with Crippen molar-refractivity contribution in [2.24, 2.45) is 0 Å². The van der Waals surface area contributed by atoms with Gasteiger partial charge in [-0.05, 0) is 35.4 Å². The maximum atomic E-state index is 13.1. The fraction of sp³-hybridized carbons (Fsp3) is 0.292. The van der Waals surface area contributed by atoms with Gasteiger partial charge in [0.25, 0.3) is 5.91 Å². The second-order valence-electron chi connectivity index (χ2n) is 8.95. The van der Waals surface area contributed by atoms with Gasteiger partial charge in [-0.3, -0.25) is 14.6 Å². The molecule has 3 heterocycles. The molecule has 0 aliphatic carbocycles. The van der Waals surface area contributed by atoms with Gasteiger partial charge in [0.05, 0.1) is 24.1 Å². The van der Waals surface area contributed by atoms with Crippen molar-refractivity contribution in [3.05, 3.63) is 64.6 Å². The van der Waals surface area contributed by atoms with Crippen LogP contribution in [0.5, 0.6) is 0 Å². The molecule has 0 unspecified atom stereocenters. The average Bonchev–Trinajstić information content (AvgIpc) is 2.82. The normalized spacial score (nSPS) is 13.6. The lowest BCUT2D eigenvalue weighted by atomic mass is 9.86. The van der Waals surface area contributed by atoms with E-state index in [9.17, 15) is 9.59 Å². The fourth-order valence-corrected chi connectivity index (χ4v) is 4.15. The third kappa shape index (κ3) is 4.71. The number of hydrogen-bond acceptors (Lipinski definition) is 6. The molecule has 34 heavy (non-hydrogen) atoms. The number of thioether (sulfide) groups is 1. The van der Waals surface area contributed by atoms with Gasteiger partial charge in [0, 0.05) is 24.4 Å². The second kappa shape index (κ2) is 9.23. The fourth-order valence-electron chi connectivity index (χ4n) is 3.60. The van der Waals surface area contributed by atoms with Crippen molar-refractivity contribution >= 4 is 52.5 Å². The summed E-state index contributed by atoms with van der Waals surface area (Å²) in [6.45, 7) is 6.52. The molecule has 0 saturated carbocycles. The van der Waals surface area contributed by atoms with Crippen LogP contribution in [0, 0.1) is 0 Å². The van der Waals surface area contributed by atoms with Crippen LogP contribution in [0.15, 0.2) is 47.9 Å². The van der Waals surface area contributed by atoms with Crippen LogP contribution in [-0.4, -0.2) is 40.2 Å². The summed E-state index contributed by atoms with van der Waals surface area (Å²) in [5.74, 6) is 0.291. The van der Waals surface area contributed by atoms with Gasteiger partial charge in [0.2, 0.25) is 0 Å². The summed E-state index contributed by atoms with van der Waals surface area (Å²) < 4.78 is 0. The minimum atomic E-state index is -0.302. The highest BCUT2D eigenvalue weighted by Crippen LogP contribution is 2.34. The van der Waals surface area contributed by atoms with E-state index in [0.717, 1.165) is 11.1 Å². The predicted octanol–water partition coefficient (Wildman–Crippen LogP) is 5.37. The topological polar surface area (TPSA) is 91.3 Å². The van der Waals surface area contributed by atoms with E-state index in [2.05, 4.69) is 41.0 Å². The van der Waals surface area contributed by atoms with E-state index in [0.29, 0.717) is 27.9 Å². The minimum absolute atomic E-state index is 0.0808. The van der Waals surface area contributed by atoms with Crippen LogP contribution in [0.4, 0.5) is 22.0 Å². The van der Waals surface area contributed by atoms with E-state index in [1.54, 1.807) is 25.4 Å². The summed E-state index contributed by atoms with van der Waals surface area (Å²) in [4.78, 5) is 42.0. The van der Waals surface area contributed by atoms with Crippen LogP contribution in [0.3, 0.4) is 0 Å². The molecule has 1 N–H and O–H groups in total. The SMILES string of the molecule is CSc1ncc2c(n1)N(C)C(=O)N(c1cc(NC(=O)c3cccc(C(C)(C)C)c3)cnc1Cl)C2. The quantitative estimate of drug-likeness (QED) is 0.296. The lowest BCUT2D eigenvalue weighted by Gasteiger charge is -2.34. The van der Waals surface area contributed by atoms with E-state index in [4.69, 9.17) is 11.6 Å². The molecule has 0 spiro atoms. The van der Waals surface area contributed by atoms with Crippen LogP contribution in [-0.2, 0) is 12.0 Å². The van der Waals surface area contributed by atoms with E-state index in [1.165, 1.54) is 27.8 Å². The monoisotopic (exact) mass is 496 g/mol. The Morgan fingerprint density at radius 3 is 2.65 bits per heavy atom. The first kappa shape index (κ1) is 24.0. The average molecular weight is 497 g/mol. The highest BCUT2D eigenvalue weighted by Gasteiger charge is 2.32. The van der Waals surface area contributed by atoms with Gasteiger partial charge in [-0.25, -0.2) is 19.7 Å². The molecule has 0 atom stereocenters. The van der Waals surface area contributed by atoms with Crippen molar-refractivity contribution < 1.29 is 9.59 Å². The third-order valence-corrected chi connectivity index (χ3v) is 6.38. The zero-order chi connectivity index (χ0) is 24.6. The van der Waals surface area contributed by atoms with Crippen molar-refractivity contribution in [3.63, 3.8) is 0 Å². The Morgan fingerprint density at radius 2 is 1.94 bits per heavy atom. The largest absolute Gasteiger partial charge is 0.330 e. The van der Waals surface area contributed by atoms with Crippen LogP contribution in [0.2, 0.25) is 5.15 Å². The standard InChI is InChI=1S/C24H25ClN6O2S/c1-24(2,3)16-8-6-7-14(9-16)21(32)28-17-10-18(19(25)26-12-17)31-13-15-11-27-22(34-5)29-20(15)30(4)23(31)33/h6-12H,13H2,1-5H3,(H,28,32). The number of carbonyl (C=O) groups excluding carboxylic acids is 2. The number of aromatic nitrogens is 3. The molecule has 3 amide bonds. The Hall–Kier alpha value is -3.17. The Labute approximate surface area is 207 Å². The first-order valence-electron chi connectivity index (χ1n) is 10.6. The van der Waals surface area contributed by atoms with Crippen LogP contribution in [0.1, 0.15) is 42.3 Å². The second-order valence-corrected chi connectivity index (χ2v) is 10.1. The van der Waals surface area contributed by atoms with Crippen LogP contribution >= 0.6 is 23.4 Å². The van der Waals surface area contributed by atoms with Gasteiger partial charge in [-0.2, -0.15) is 0 Å². The maximum Gasteiger partial charge on any atom is 0.330 e. The van der Waals surface area contributed by atoms with Gasteiger partial charge in [-0.15, -0.1) is 0 Å². The highest BCUT2D eigenvalue weighted by atomic mass is 35.5. The van der Waals surface area contributed by atoms with Gasteiger partial charge >= 0.3 is 6.03 Å². The molecule has 0 saturated heterocycles. The lowest BCUT2D eigenvalue weighted by molar-refractivity contribution is 0.102. The van der Waals surface area contributed by atoms with E-state index >= 15 is 0 Å². The summed E-state index contributed by atoms with van der Waals surface area (Å²) in [7, 11) is 1.65. The van der Waals surface area contributed by atoms with E-state index < -0.39 is 0 Å². The zero-order valence-electron chi connectivity index (χ0n) is 19.6. The maximum absolute atomic E-state index is 13.1. The van der Waals surface area contributed by atoms with Crippen LogP contribution in [0.25, 0.3) is 0 Å². The molecule has 0 bridgehead atoms. The number of nitrogens with zero attached hydrogens (tertiary/aromatic N) is 5. The van der Waals surface area contributed by atoms with E-state index in [1.807, 2.05) is 24.5 Å². The van der Waals surface area contributed by atoms with E-state index in [-0.39, 0.29) is 29.1 Å². The smallest absolute Gasteiger partial charge is 0.321 e. The summed E-state index contributed by atoms with van der Waals surface area (Å²) in [6.07, 6.45) is 5.06. The van der Waals surface area contributed by atoms with Crippen molar-refractivity contribution in [2.45, 2.75) is 37.9 Å². The number of rotatable bonds is 4. The molecule has 1 aromatic carbocycles. The number of carbonyl (C=O) groups is 2. The number of nitrogens with one attached hydrogen (secondary N) is 1. The molecule has 1 aliphatic rings. The number of halogens is 1. The summed E-state index contributed by atoms with van der Waals surface area (Å²) >= 11 is 7.78. The Balaban J connectivity index is 1.61. The first-order valence-corrected chi connectivity index (χ1v) is 12.2. The number of fused-ring (bicyclic) bond motifs is 1. The van der Waals surface area contributed by atoms with Gasteiger partial charge in [0.15, 0.2) is 10.3 Å². The predicted molar refractivity (Wildman–Crippen MR) is 136 cm³/mol. The molecule has 1 aliphatic heterocycles. The molecular formula is C24H25ClN6O2S. The third-order valence-electron chi connectivity index (χ3n) is 5.53. The molecule has 0 fully saturated rings. The summed E-state index contributed by atoms with van der Waals surface area (Å²) in [5, 5.41) is 3.61. The molecule has 0 radical (unpaired) electrons. The number of amides is 3. The number of pyridine rings is 1. The number of urea groups is 1. The molecule has 3 aromatic rings. The summed E-state index contributed by atoms with van der Waals surface area (Å²) in [6, 6.07) is 8.85. The highest BCUT2D eigenvalue weighted by molar-refractivity contribution is 7.98. The molecule has 176 valence electrons. The first-order chi connectivity index (χ1) is 16.1. The number of hydrogen-bond donors (Lipinski definition) is 1. The Bertz CT molecular complexity index is 1280. The lowest BCUT2D eigenvalue weighted by Crippen LogP contribution is -2.46.